The normalized spacial score (nSPS) is 21.7. The predicted octanol–water partition coefficient (Wildman–Crippen LogP) is 7.26. The van der Waals surface area contributed by atoms with Crippen LogP contribution in [0, 0.1) is 5.41 Å². The number of carbonyl (C=O) groups is 2. The molecule has 4 nitrogen and oxygen atoms in total. The monoisotopic (exact) mass is 498 g/mol. The Morgan fingerprint density at radius 3 is 1.28 bits per heavy atom. The number of benzene rings is 7. The second-order valence-corrected chi connectivity index (χ2v) is 12.9. The van der Waals surface area contributed by atoms with Crippen LogP contribution in [0.5, 0.6) is 0 Å². The maximum atomic E-state index is 12.8. The molecule has 1 saturated carbocycles. The third kappa shape index (κ3) is 1.30. The third-order valence-corrected chi connectivity index (χ3v) is 11.8. The number of fused-ring (bicyclic) bond motifs is 3. The van der Waals surface area contributed by atoms with Gasteiger partial charge in [-0.05, 0) is 132 Å². The number of rotatable bonds is 2. The Morgan fingerprint density at radius 1 is 0.513 bits per heavy atom. The van der Waals surface area contributed by atoms with Gasteiger partial charge < -0.3 is 10.2 Å². The highest BCUT2D eigenvalue weighted by Crippen LogP contribution is 2.77. The topological polar surface area (TPSA) is 74.6 Å². The minimum absolute atomic E-state index is 0.535. The summed E-state index contributed by atoms with van der Waals surface area (Å²) in [5, 5.41) is 42.1. The summed E-state index contributed by atoms with van der Waals surface area (Å²) in [5.74, 6) is -3.49. The molecule has 2 atom stereocenters. The zero-order valence-corrected chi connectivity index (χ0v) is 20.2. The molecule has 4 aliphatic carbocycles. The average molecular weight is 498 g/mol. The molecule has 0 saturated heterocycles. The van der Waals surface area contributed by atoms with Gasteiger partial charge >= 0.3 is 11.9 Å². The largest absolute Gasteiger partial charge is 0.480 e. The first-order valence-corrected chi connectivity index (χ1v) is 13.7. The second kappa shape index (κ2) is 4.56. The summed E-state index contributed by atoms with van der Waals surface area (Å²) >= 11 is 0. The summed E-state index contributed by atoms with van der Waals surface area (Å²) in [6, 6.07) is 13.8. The molecular weight excluding hydrogens is 484 g/mol. The predicted molar refractivity (Wildman–Crippen MR) is 151 cm³/mol. The minimum atomic E-state index is -1.80. The van der Waals surface area contributed by atoms with Gasteiger partial charge in [0.2, 0.25) is 0 Å². The summed E-state index contributed by atoms with van der Waals surface area (Å²) in [7, 11) is 0. The van der Waals surface area contributed by atoms with Gasteiger partial charge in [-0.25, -0.2) is 0 Å². The average Bonchev–Trinajstić information content (AvgIpc) is 3.19. The molecule has 2 N–H and O–H groups in total. The van der Waals surface area contributed by atoms with Gasteiger partial charge in [0.05, 0.1) is 0 Å². The van der Waals surface area contributed by atoms with Crippen molar-refractivity contribution in [2.24, 2.45) is 5.41 Å². The number of hydrogen-bond acceptors (Lipinski definition) is 2. The lowest BCUT2D eigenvalue weighted by Crippen LogP contribution is -2.28. The van der Waals surface area contributed by atoms with Gasteiger partial charge in [0, 0.05) is 11.8 Å². The first-order valence-electron chi connectivity index (χ1n) is 13.7. The third-order valence-electron chi connectivity index (χ3n) is 11.8. The molecule has 0 radical (unpaired) electrons. The molecule has 0 bridgehead atoms. The maximum absolute atomic E-state index is 12.8. The van der Waals surface area contributed by atoms with E-state index in [9.17, 15) is 19.8 Å². The highest BCUT2D eigenvalue weighted by molar-refractivity contribution is 6.58. The lowest BCUT2D eigenvalue weighted by Gasteiger charge is -2.15. The minimum Gasteiger partial charge on any atom is -0.480 e. The molecule has 4 aliphatic rings. The van der Waals surface area contributed by atoms with Gasteiger partial charge in [-0.3, -0.25) is 9.59 Å². The molecular formula is C35H14O4. The molecule has 0 heterocycles. The van der Waals surface area contributed by atoms with Crippen LogP contribution >= 0.6 is 0 Å². The molecule has 2 unspecified atom stereocenters. The van der Waals surface area contributed by atoms with Crippen LogP contribution in [0.4, 0.5) is 0 Å². The molecule has 178 valence electrons. The Balaban J connectivity index is 1.45. The Morgan fingerprint density at radius 2 is 0.872 bits per heavy atom. The molecule has 9 aromatic rings. The fraction of sp³-hybridized carbons (Fsp3) is 0.143. The number of aliphatic carboxylic acids is 2. The van der Waals surface area contributed by atoms with Crippen molar-refractivity contribution in [3.05, 3.63) is 69.8 Å². The fourth-order valence-corrected chi connectivity index (χ4v) is 10.8. The Labute approximate surface area is 217 Å². The maximum Gasteiger partial charge on any atom is 0.322 e. The quantitative estimate of drug-likeness (QED) is 0.194. The molecule has 1 fully saturated rings. The van der Waals surface area contributed by atoms with E-state index in [1.807, 2.05) is 0 Å². The zero-order valence-electron chi connectivity index (χ0n) is 20.2. The molecule has 0 aliphatic heterocycles. The van der Waals surface area contributed by atoms with Gasteiger partial charge in [0.15, 0.2) is 5.41 Å². The Bertz CT molecular complexity index is 2590. The van der Waals surface area contributed by atoms with Gasteiger partial charge in [-0.15, -0.1) is 0 Å². The first-order chi connectivity index (χ1) is 19.0. The van der Waals surface area contributed by atoms with Gasteiger partial charge in [-0.2, -0.15) is 0 Å². The highest BCUT2D eigenvalue weighted by atomic mass is 16.4. The van der Waals surface area contributed by atoms with E-state index in [-0.39, 0.29) is 0 Å². The standard InChI is InChI=1S/C35H14O4/c36-33(37)35(34(38)39)31-15-7-13-5-11-3-9-1-2-10-4-12-6-14-8-16(32(31)35)24-23(15)27-21(13)19(11)25-17(9)18(10)26-20(12)22(14)28(24)30(27)29(25)26/h1-4,7-8,31-32H,5-6H2,(H,36,37)(H,38,39). The summed E-state index contributed by atoms with van der Waals surface area (Å²) < 4.78 is 0. The van der Waals surface area contributed by atoms with E-state index in [4.69, 9.17) is 0 Å². The molecule has 0 spiro atoms. The van der Waals surface area contributed by atoms with Crippen molar-refractivity contribution in [1.29, 1.82) is 0 Å². The van der Waals surface area contributed by atoms with Crippen molar-refractivity contribution in [3.8, 4) is 0 Å². The molecule has 0 aromatic heterocycles. The van der Waals surface area contributed by atoms with Crippen LogP contribution in [0.15, 0.2) is 36.4 Å². The van der Waals surface area contributed by atoms with Crippen molar-refractivity contribution in [3.63, 3.8) is 0 Å². The lowest BCUT2D eigenvalue weighted by molar-refractivity contribution is -0.157. The van der Waals surface area contributed by atoms with E-state index in [1.165, 1.54) is 97.7 Å². The fourth-order valence-electron chi connectivity index (χ4n) is 10.8. The summed E-state index contributed by atoms with van der Waals surface area (Å²) in [6.07, 6.45) is 1.62. The molecule has 0 amide bonds. The van der Waals surface area contributed by atoms with Gasteiger partial charge in [0.25, 0.3) is 0 Å². The molecule has 9 aromatic carbocycles. The highest BCUT2D eigenvalue weighted by Gasteiger charge is 2.78. The molecule has 39 heavy (non-hydrogen) atoms. The van der Waals surface area contributed by atoms with Crippen molar-refractivity contribution in [2.75, 3.05) is 0 Å². The van der Waals surface area contributed by atoms with Crippen molar-refractivity contribution < 1.29 is 19.8 Å². The van der Waals surface area contributed by atoms with Crippen LogP contribution in [0.25, 0.3) is 86.2 Å². The van der Waals surface area contributed by atoms with E-state index in [1.54, 1.807) is 0 Å². The van der Waals surface area contributed by atoms with Crippen LogP contribution < -0.4 is 0 Å². The van der Waals surface area contributed by atoms with E-state index in [0.29, 0.717) is 0 Å². The van der Waals surface area contributed by atoms with E-state index < -0.39 is 29.2 Å². The smallest absolute Gasteiger partial charge is 0.322 e. The van der Waals surface area contributed by atoms with Gasteiger partial charge in [0.1, 0.15) is 0 Å². The Kier molecular flexibility index (Phi) is 2.07. The lowest BCUT2D eigenvalue weighted by atomic mass is 9.87. The van der Waals surface area contributed by atoms with Crippen LogP contribution in [0.1, 0.15) is 45.2 Å². The summed E-state index contributed by atoms with van der Waals surface area (Å²) in [5.41, 5.74) is 5.27. The number of carboxylic acids is 2. The van der Waals surface area contributed by atoms with Crippen LogP contribution in [-0.4, -0.2) is 22.2 Å². The summed E-state index contributed by atoms with van der Waals surface area (Å²) in [4.78, 5) is 25.6. The molecule has 4 heteroatoms. The SMILES string of the molecule is O=C(O)C1(C(=O)O)C2c3cc4c5c6c(cc7ccc8cc9c%10c%11c(cc(c%12c3c5c(c%12%11)c3c6c7c8c%103)C21)C9)C4. The summed E-state index contributed by atoms with van der Waals surface area (Å²) in [6.45, 7) is 0. The van der Waals surface area contributed by atoms with Crippen molar-refractivity contribution >= 4 is 98.1 Å². The van der Waals surface area contributed by atoms with Crippen LogP contribution in [0.3, 0.4) is 0 Å². The zero-order chi connectivity index (χ0) is 25.2. The Hall–Kier alpha value is -4.70. The van der Waals surface area contributed by atoms with E-state index in [0.717, 1.165) is 34.7 Å². The van der Waals surface area contributed by atoms with Gasteiger partial charge in [-0.1, -0.05) is 36.4 Å². The van der Waals surface area contributed by atoms with E-state index in [2.05, 4.69) is 36.4 Å². The second-order valence-electron chi connectivity index (χ2n) is 12.9. The van der Waals surface area contributed by atoms with Crippen LogP contribution in [-0.2, 0) is 22.4 Å². The van der Waals surface area contributed by atoms with Crippen molar-refractivity contribution in [1.82, 2.24) is 0 Å². The number of hydrogen-bond donors (Lipinski definition) is 2. The molecule has 13 rings (SSSR count). The van der Waals surface area contributed by atoms with E-state index >= 15 is 0 Å². The van der Waals surface area contributed by atoms with Crippen LogP contribution in [0.2, 0.25) is 0 Å². The first kappa shape index (κ1) is 17.7. The number of carboxylic acid groups (broad SMARTS) is 2. The van der Waals surface area contributed by atoms with Crippen molar-refractivity contribution in [2.45, 2.75) is 24.7 Å².